The Balaban J connectivity index is 2.68. The molecule has 1 rings (SSSR count). The van der Waals surface area contributed by atoms with Crippen LogP contribution in [0.15, 0.2) is 29.2 Å². The van der Waals surface area contributed by atoms with Gasteiger partial charge in [0.1, 0.15) is 0 Å². The molecule has 5 nitrogen and oxygen atoms in total. The van der Waals surface area contributed by atoms with Gasteiger partial charge in [0.25, 0.3) is 0 Å². The molecule has 0 saturated carbocycles. The molecule has 0 aliphatic rings. The molecular formula is C13H21NO4S2. The summed E-state index contributed by atoms with van der Waals surface area (Å²) in [5.74, 6) is 0.168. The fourth-order valence-corrected chi connectivity index (χ4v) is 3.66. The van der Waals surface area contributed by atoms with E-state index in [1.807, 2.05) is 6.92 Å². The molecule has 0 atom stereocenters. The molecule has 0 amide bonds. The molecule has 0 heterocycles. The van der Waals surface area contributed by atoms with Crippen LogP contribution in [0.5, 0.6) is 0 Å². The second-order valence-electron chi connectivity index (χ2n) is 4.54. The molecule has 0 bridgehead atoms. The van der Waals surface area contributed by atoms with E-state index in [4.69, 9.17) is 0 Å². The summed E-state index contributed by atoms with van der Waals surface area (Å²) in [4.78, 5) is 0.262. The number of sulfone groups is 1. The lowest BCUT2D eigenvalue weighted by Crippen LogP contribution is -2.25. The molecule has 0 aromatic heterocycles. The van der Waals surface area contributed by atoms with Gasteiger partial charge < -0.3 is 0 Å². The van der Waals surface area contributed by atoms with Gasteiger partial charge in [-0.1, -0.05) is 32.4 Å². The first-order valence-corrected chi connectivity index (χ1v) is 9.90. The van der Waals surface area contributed by atoms with Crippen LogP contribution in [-0.2, 0) is 26.4 Å². The molecule has 0 radical (unpaired) electrons. The van der Waals surface area contributed by atoms with Crippen molar-refractivity contribution in [2.45, 2.75) is 38.1 Å². The number of benzene rings is 1. The number of nitrogens with one attached hydrogen (secondary N) is 1. The van der Waals surface area contributed by atoms with Gasteiger partial charge in [0, 0.05) is 6.54 Å². The number of unbranched alkanes of at least 4 members (excludes halogenated alkanes) is 1. The van der Waals surface area contributed by atoms with E-state index in [1.165, 1.54) is 12.1 Å². The molecule has 114 valence electrons. The monoisotopic (exact) mass is 319 g/mol. The van der Waals surface area contributed by atoms with Crippen LogP contribution in [0.3, 0.4) is 0 Å². The minimum Gasteiger partial charge on any atom is -0.224 e. The van der Waals surface area contributed by atoms with Gasteiger partial charge in [0.2, 0.25) is 10.0 Å². The SMILES string of the molecule is CCCCS(=O)(=O)NCc1ccc(S(=O)(=O)CC)cc1. The van der Waals surface area contributed by atoms with Crippen LogP contribution in [0.2, 0.25) is 0 Å². The molecule has 0 fully saturated rings. The quantitative estimate of drug-likeness (QED) is 0.791. The van der Waals surface area contributed by atoms with Crippen LogP contribution in [-0.4, -0.2) is 28.3 Å². The number of sulfonamides is 1. The summed E-state index contributed by atoms with van der Waals surface area (Å²) in [7, 11) is -6.46. The van der Waals surface area contributed by atoms with Crippen LogP contribution in [0, 0.1) is 0 Å². The molecule has 1 aromatic rings. The van der Waals surface area contributed by atoms with Crippen molar-refractivity contribution in [3.63, 3.8) is 0 Å². The zero-order chi connectivity index (χ0) is 15.2. The van der Waals surface area contributed by atoms with E-state index in [0.717, 1.165) is 12.0 Å². The minimum atomic E-state index is -3.25. The smallest absolute Gasteiger partial charge is 0.211 e. The molecule has 0 spiro atoms. The lowest BCUT2D eigenvalue weighted by atomic mass is 10.2. The third kappa shape index (κ3) is 5.22. The highest BCUT2D eigenvalue weighted by atomic mass is 32.2. The molecule has 0 aliphatic heterocycles. The molecule has 0 unspecified atom stereocenters. The van der Waals surface area contributed by atoms with E-state index >= 15 is 0 Å². The van der Waals surface area contributed by atoms with Crippen molar-refractivity contribution in [2.75, 3.05) is 11.5 Å². The first-order chi connectivity index (χ1) is 9.30. The van der Waals surface area contributed by atoms with Crippen LogP contribution >= 0.6 is 0 Å². The van der Waals surface area contributed by atoms with Gasteiger partial charge in [0.05, 0.1) is 16.4 Å². The summed E-state index contributed by atoms with van der Waals surface area (Å²) in [5.41, 5.74) is 0.736. The summed E-state index contributed by atoms with van der Waals surface area (Å²) in [6.45, 7) is 3.70. The summed E-state index contributed by atoms with van der Waals surface area (Å²) >= 11 is 0. The Hall–Kier alpha value is -0.920. The molecule has 1 N–H and O–H groups in total. The summed E-state index contributed by atoms with van der Waals surface area (Å²) in [5, 5.41) is 0. The van der Waals surface area contributed by atoms with E-state index in [9.17, 15) is 16.8 Å². The van der Waals surface area contributed by atoms with Crippen LogP contribution in [0.4, 0.5) is 0 Å². The predicted octanol–water partition coefficient (Wildman–Crippen LogP) is 1.70. The van der Waals surface area contributed by atoms with E-state index in [-0.39, 0.29) is 22.9 Å². The second-order valence-corrected chi connectivity index (χ2v) is 8.75. The molecule has 1 aromatic carbocycles. The van der Waals surface area contributed by atoms with Gasteiger partial charge in [-0.05, 0) is 24.1 Å². The van der Waals surface area contributed by atoms with Crippen molar-refractivity contribution in [3.8, 4) is 0 Å². The normalized spacial score (nSPS) is 12.5. The average molecular weight is 319 g/mol. The summed E-state index contributed by atoms with van der Waals surface area (Å²) < 4.78 is 49.0. The van der Waals surface area contributed by atoms with Gasteiger partial charge in [-0.3, -0.25) is 0 Å². The Bertz CT molecular complexity index is 619. The Morgan fingerprint density at radius 2 is 1.60 bits per heavy atom. The van der Waals surface area contributed by atoms with Crippen molar-refractivity contribution >= 4 is 19.9 Å². The minimum absolute atomic E-state index is 0.0516. The maximum absolute atomic E-state index is 11.6. The zero-order valence-corrected chi connectivity index (χ0v) is 13.4. The van der Waals surface area contributed by atoms with E-state index in [2.05, 4.69) is 4.72 Å². The molecular weight excluding hydrogens is 298 g/mol. The Morgan fingerprint density at radius 3 is 2.10 bits per heavy atom. The molecule has 0 saturated heterocycles. The van der Waals surface area contributed by atoms with Crippen molar-refractivity contribution in [1.82, 2.24) is 4.72 Å². The number of hydrogen-bond donors (Lipinski definition) is 1. The molecule has 0 aliphatic carbocycles. The largest absolute Gasteiger partial charge is 0.224 e. The Kier molecular flexibility index (Phi) is 6.16. The van der Waals surface area contributed by atoms with Crippen LogP contribution in [0.1, 0.15) is 32.3 Å². The number of hydrogen-bond acceptors (Lipinski definition) is 4. The lowest BCUT2D eigenvalue weighted by Gasteiger charge is -2.07. The Morgan fingerprint density at radius 1 is 1.00 bits per heavy atom. The van der Waals surface area contributed by atoms with Crippen LogP contribution in [0.25, 0.3) is 0 Å². The summed E-state index contributed by atoms with van der Waals surface area (Å²) in [6.07, 6.45) is 1.45. The zero-order valence-electron chi connectivity index (χ0n) is 11.8. The van der Waals surface area contributed by atoms with E-state index in [0.29, 0.717) is 6.42 Å². The lowest BCUT2D eigenvalue weighted by molar-refractivity contribution is 0.577. The predicted molar refractivity (Wildman–Crippen MR) is 79.7 cm³/mol. The van der Waals surface area contributed by atoms with Gasteiger partial charge >= 0.3 is 0 Å². The van der Waals surface area contributed by atoms with Crippen molar-refractivity contribution < 1.29 is 16.8 Å². The van der Waals surface area contributed by atoms with Crippen LogP contribution < -0.4 is 4.72 Å². The van der Waals surface area contributed by atoms with E-state index < -0.39 is 19.9 Å². The fourth-order valence-electron chi connectivity index (χ4n) is 1.58. The maximum Gasteiger partial charge on any atom is 0.211 e. The standard InChI is InChI=1S/C13H21NO4S2/c1-3-5-10-20(17,18)14-11-12-6-8-13(9-7-12)19(15,16)4-2/h6-9,14H,3-5,10-11H2,1-2H3. The highest BCUT2D eigenvalue weighted by molar-refractivity contribution is 7.91. The first-order valence-electron chi connectivity index (χ1n) is 6.59. The van der Waals surface area contributed by atoms with Gasteiger partial charge in [0.15, 0.2) is 9.84 Å². The van der Waals surface area contributed by atoms with Gasteiger partial charge in [-0.15, -0.1) is 0 Å². The van der Waals surface area contributed by atoms with Crippen molar-refractivity contribution in [3.05, 3.63) is 29.8 Å². The third-order valence-corrected chi connectivity index (χ3v) is 6.09. The number of rotatable bonds is 8. The Labute approximate surface area is 121 Å². The molecule has 7 heteroatoms. The average Bonchev–Trinajstić information content (AvgIpc) is 2.43. The molecule has 20 heavy (non-hydrogen) atoms. The van der Waals surface area contributed by atoms with Gasteiger partial charge in [-0.2, -0.15) is 0 Å². The second kappa shape index (κ2) is 7.19. The highest BCUT2D eigenvalue weighted by Crippen LogP contribution is 2.12. The fraction of sp³-hybridized carbons (Fsp3) is 0.538. The van der Waals surface area contributed by atoms with Crippen molar-refractivity contribution in [2.24, 2.45) is 0 Å². The topological polar surface area (TPSA) is 80.3 Å². The van der Waals surface area contributed by atoms with E-state index in [1.54, 1.807) is 19.1 Å². The van der Waals surface area contributed by atoms with Crippen molar-refractivity contribution in [1.29, 1.82) is 0 Å². The summed E-state index contributed by atoms with van der Waals surface area (Å²) in [6, 6.07) is 6.28. The highest BCUT2D eigenvalue weighted by Gasteiger charge is 2.12. The third-order valence-electron chi connectivity index (χ3n) is 2.93. The maximum atomic E-state index is 11.6. The first kappa shape index (κ1) is 17.1. The van der Waals surface area contributed by atoms with Gasteiger partial charge in [-0.25, -0.2) is 21.6 Å².